The summed E-state index contributed by atoms with van der Waals surface area (Å²) in [6, 6.07) is 11.8. The molecule has 1 unspecified atom stereocenters. The Morgan fingerprint density at radius 3 is 2.50 bits per heavy atom. The van der Waals surface area contributed by atoms with E-state index in [-0.39, 0.29) is 11.9 Å². The highest BCUT2D eigenvalue weighted by atomic mass is 16.5. The molecular formula is C18H26N2O2. The van der Waals surface area contributed by atoms with E-state index < -0.39 is 0 Å². The number of ether oxygens (including phenoxy) is 1. The zero-order chi connectivity index (χ0) is 15.4. The maximum atomic E-state index is 11.6. The summed E-state index contributed by atoms with van der Waals surface area (Å²) in [6.45, 7) is 2.21. The predicted octanol–water partition coefficient (Wildman–Crippen LogP) is 2.59. The van der Waals surface area contributed by atoms with Gasteiger partial charge in [-0.3, -0.25) is 4.79 Å². The molecule has 1 aromatic rings. The summed E-state index contributed by atoms with van der Waals surface area (Å²) in [4.78, 5) is 14.0. The SMILES string of the molecule is COC(=O)C1CCC(NC2CCN(c3ccccc3)C2)CC1. The molecule has 1 saturated heterocycles. The van der Waals surface area contributed by atoms with E-state index in [1.807, 2.05) is 0 Å². The Balaban J connectivity index is 1.45. The fraction of sp³-hybridized carbons (Fsp3) is 0.611. The van der Waals surface area contributed by atoms with Gasteiger partial charge in [-0.25, -0.2) is 0 Å². The first kappa shape index (κ1) is 15.3. The predicted molar refractivity (Wildman–Crippen MR) is 88.0 cm³/mol. The third-order valence-corrected chi connectivity index (χ3v) is 5.04. The minimum atomic E-state index is -0.0328. The Morgan fingerprint density at radius 2 is 1.82 bits per heavy atom. The Labute approximate surface area is 132 Å². The monoisotopic (exact) mass is 302 g/mol. The summed E-state index contributed by atoms with van der Waals surface area (Å²) in [5.74, 6) is 0.0852. The van der Waals surface area contributed by atoms with Gasteiger partial charge in [0.2, 0.25) is 0 Å². The highest BCUT2D eigenvalue weighted by Gasteiger charge is 2.30. The molecule has 1 saturated carbocycles. The van der Waals surface area contributed by atoms with Crippen molar-refractivity contribution in [2.75, 3.05) is 25.1 Å². The van der Waals surface area contributed by atoms with Crippen LogP contribution < -0.4 is 10.2 Å². The molecule has 4 nitrogen and oxygen atoms in total. The number of nitrogens with one attached hydrogen (secondary N) is 1. The number of anilines is 1. The average molecular weight is 302 g/mol. The molecule has 1 aromatic carbocycles. The van der Waals surface area contributed by atoms with Crippen molar-refractivity contribution in [1.82, 2.24) is 5.32 Å². The average Bonchev–Trinajstić information content (AvgIpc) is 3.04. The van der Waals surface area contributed by atoms with Gasteiger partial charge in [0.15, 0.2) is 0 Å². The van der Waals surface area contributed by atoms with Crippen LogP contribution in [0.15, 0.2) is 30.3 Å². The van der Waals surface area contributed by atoms with Crippen LogP contribution in [0.25, 0.3) is 0 Å². The molecule has 0 aromatic heterocycles. The second-order valence-electron chi connectivity index (χ2n) is 6.51. The van der Waals surface area contributed by atoms with Crippen LogP contribution in [0.3, 0.4) is 0 Å². The van der Waals surface area contributed by atoms with Gasteiger partial charge in [0.25, 0.3) is 0 Å². The number of hydrogen-bond acceptors (Lipinski definition) is 4. The number of rotatable bonds is 4. The van der Waals surface area contributed by atoms with E-state index in [1.54, 1.807) is 0 Å². The number of para-hydroxylation sites is 1. The van der Waals surface area contributed by atoms with E-state index in [1.165, 1.54) is 19.2 Å². The number of benzene rings is 1. The molecule has 0 bridgehead atoms. The van der Waals surface area contributed by atoms with Crippen molar-refractivity contribution in [1.29, 1.82) is 0 Å². The van der Waals surface area contributed by atoms with Gasteiger partial charge >= 0.3 is 5.97 Å². The Morgan fingerprint density at radius 1 is 1.09 bits per heavy atom. The van der Waals surface area contributed by atoms with Crippen molar-refractivity contribution >= 4 is 11.7 Å². The summed E-state index contributed by atoms with van der Waals surface area (Å²) in [7, 11) is 1.49. The van der Waals surface area contributed by atoms with Crippen LogP contribution in [-0.2, 0) is 9.53 Å². The lowest BCUT2D eigenvalue weighted by molar-refractivity contribution is -0.146. The van der Waals surface area contributed by atoms with Gasteiger partial charge in [-0.2, -0.15) is 0 Å². The number of esters is 1. The lowest BCUT2D eigenvalue weighted by atomic mass is 9.86. The lowest BCUT2D eigenvalue weighted by Gasteiger charge is -2.30. The number of hydrogen-bond donors (Lipinski definition) is 1. The van der Waals surface area contributed by atoms with Crippen LogP contribution in [-0.4, -0.2) is 38.3 Å². The zero-order valence-electron chi connectivity index (χ0n) is 13.3. The molecule has 0 radical (unpaired) electrons. The molecule has 22 heavy (non-hydrogen) atoms. The first-order chi connectivity index (χ1) is 10.8. The highest BCUT2D eigenvalue weighted by molar-refractivity contribution is 5.72. The smallest absolute Gasteiger partial charge is 0.308 e. The van der Waals surface area contributed by atoms with E-state index in [2.05, 4.69) is 40.5 Å². The molecular weight excluding hydrogens is 276 g/mol. The van der Waals surface area contributed by atoms with Crippen molar-refractivity contribution in [3.05, 3.63) is 30.3 Å². The number of nitrogens with zero attached hydrogens (tertiary/aromatic N) is 1. The molecule has 1 atom stereocenters. The highest BCUT2D eigenvalue weighted by Crippen LogP contribution is 2.27. The minimum Gasteiger partial charge on any atom is -0.469 e. The molecule has 4 heteroatoms. The number of carbonyl (C=O) groups excluding carboxylic acids is 1. The van der Waals surface area contributed by atoms with Gasteiger partial charge in [0.05, 0.1) is 13.0 Å². The van der Waals surface area contributed by atoms with Crippen molar-refractivity contribution in [2.45, 2.75) is 44.2 Å². The van der Waals surface area contributed by atoms with Gasteiger partial charge < -0.3 is 15.0 Å². The molecule has 1 N–H and O–H groups in total. The molecule has 1 aliphatic heterocycles. The van der Waals surface area contributed by atoms with E-state index >= 15 is 0 Å². The third-order valence-electron chi connectivity index (χ3n) is 5.04. The maximum absolute atomic E-state index is 11.6. The summed E-state index contributed by atoms with van der Waals surface area (Å²) >= 11 is 0. The van der Waals surface area contributed by atoms with Gasteiger partial charge in [-0.05, 0) is 44.2 Å². The van der Waals surface area contributed by atoms with E-state index in [0.717, 1.165) is 38.8 Å². The normalized spacial score (nSPS) is 28.6. The van der Waals surface area contributed by atoms with Crippen molar-refractivity contribution in [2.24, 2.45) is 5.92 Å². The van der Waals surface area contributed by atoms with Gasteiger partial charge in [-0.15, -0.1) is 0 Å². The van der Waals surface area contributed by atoms with E-state index in [0.29, 0.717) is 12.1 Å². The van der Waals surface area contributed by atoms with E-state index in [9.17, 15) is 4.79 Å². The molecule has 120 valence electrons. The summed E-state index contributed by atoms with van der Waals surface area (Å²) in [5.41, 5.74) is 1.32. The second kappa shape index (κ2) is 7.14. The fourth-order valence-corrected chi connectivity index (χ4v) is 3.77. The Hall–Kier alpha value is -1.55. The number of carbonyl (C=O) groups is 1. The lowest BCUT2D eigenvalue weighted by Crippen LogP contribution is -2.42. The van der Waals surface area contributed by atoms with Gasteiger partial charge in [0, 0.05) is 30.9 Å². The standard InChI is InChI=1S/C18H26N2O2/c1-22-18(21)14-7-9-15(10-8-14)19-16-11-12-20(13-16)17-5-3-2-4-6-17/h2-6,14-16,19H,7-13H2,1H3. The van der Waals surface area contributed by atoms with Crippen molar-refractivity contribution in [3.8, 4) is 0 Å². The van der Waals surface area contributed by atoms with Gasteiger partial charge in [-0.1, -0.05) is 18.2 Å². The van der Waals surface area contributed by atoms with Crippen LogP contribution in [0.4, 0.5) is 5.69 Å². The quantitative estimate of drug-likeness (QED) is 0.868. The van der Waals surface area contributed by atoms with Crippen LogP contribution >= 0.6 is 0 Å². The second-order valence-corrected chi connectivity index (χ2v) is 6.51. The Bertz CT molecular complexity index is 483. The minimum absolute atomic E-state index is 0.0328. The molecule has 2 aliphatic rings. The molecule has 2 fully saturated rings. The largest absolute Gasteiger partial charge is 0.469 e. The van der Waals surface area contributed by atoms with Crippen LogP contribution in [0.5, 0.6) is 0 Å². The topological polar surface area (TPSA) is 41.6 Å². The first-order valence-corrected chi connectivity index (χ1v) is 8.40. The van der Waals surface area contributed by atoms with Crippen LogP contribution in [0, 0.1) is 5.92 Å². The van der Waals surface area contributed by atoms with Crippen molar-refractivity contribution < 1.29 is 9.53 Å². The molecule has 1 heterocycles. The maximum Gasteiger partial charge on any atom is 0.308 e. The molecule has 0 spiro atoms. The van der Waals surface area contributed by atoms with E-state index in [4.69, 9.17) is 4.74 Å². The third kappa shape index (κ3) is 3.61. The van der Waals surface area contributed by atoms with Crippen LogP contribution in [0.2, 0.25) is 0 Å². The Kier molecular flexibility index (Phi) is 4.98. The van der Waals surface area contributed by atoms with Crippen molar-refractivity contribution in [3.63, 3.8) is 0 Å². The molecule has 0 amide bonds. The zero-order valence-corrected chi connectivity index (χ0v) is 13.3. The summed E-state index contributed by atoms with van der Waals surface area (Å²) in [5, 5.41) is 3.80. The first-order valence-electron chi connectivity index (χ1n) is 8.40. The van der Waals surface area contributed by atoms with Gasteiger partial charge in [0.1, 0.15) is 0 Å². The molecule has 1 aliphatic carbocycles. The fourth-order valence-electron chi connectivity index (χ4n) is 3.77. The van der Waals surface area contributed by atoms with Crippen LogP contribution in [0.1, 0.15) is 32.1 Å². The number of methoxy groups -OCH3 is 1. The summed E-state index contributed by atoms with van der Waals surface area (Å²) < 4.78 is 4.86. The molecule has 3 rings (SSSR count). The summed E-state index contributed by atoms with van der Waals surface area (Å²) in [6.07, 6.45) is 5.29.